The number of aliphatic hydroxyl groups excluding tert-OH is 1. The number of hydrogen-bond donors (Lipinski definition) is 1. The maximum Gasteiger partial charge on any atom is 0.346 e. The minimum absolute atomic E-state index is 0.0988. The van der Waals surface area contributed by atoms with Gasteiger partial charge in [0.1, 0.15) is 5.82 Å². The fraction of sp³-hybridized carbons (Fsp3) is 0.846. The molecule has 1 aromatic heterocycles. The molecule has 1 N–H and O–H groups in total. The van der Waals surface area contributed by atoms with Crippen LogP contribution in [-0.2, 0) is 6.54 Å². The second-order valence-electron chi connectivity index (χ2n) is 5.85. The largest absolute Gasteiger partial charge is 0.391 e. The Morgan fingerprint density at radius 3 is 2.33 bits per heavy atom. The molecule has 1 unspecified atom stereocenters. The highest BCUT2D eigenvalue weighted by Crippen LogP contribution is 2.33. The first-order valence-corrected chi connectivity index (χ1v) is 6.79. The highest BCUT2D eigenvalue weighted by Gasteiger charge is 2.31. The van der Waals surface area contributed by atoms with Crippen LogP contribution >= 0.6 is 0 Å². The van der Waals surface area contributed by atoms with Crippen LogP contribution in [0.2, 0.25) is 0 Å². The lowest BCUT2D eigenvalue weighted by atomic mass is 10.2. The summed E-state index contributed by atoms with van der Waals surface area (Å²) in [6.07, 6.45) is 1.70. The third-order valence-corrected chi connectivity index (χ3v) is 3.46. The molecule has 1 atom stereocenters. The topological polar surface area (TPSA) is 60.0 Å². The van der Waals surface area contributed by atoms with Crippen molar-refractivity contribution in [2.45, 2.75) is 65.1 Å². The van der Waals surface area contributed by atoms with E-state index in [9.17, 15) is 9.90 Å². The summed E-state index contributed by atoms with van der Waals surface area (Å²) in [7, 11) is 0. The molecule has 1 aliphatic rings. The van der Waals surface area contributed by atoms with Gasteiger partial charge in [-0.15, -0.1) is 0 Å². The van der Waals surface area contributed by atoms with E-state index in [0.717, 1.165) is 18.7 Å². The average molecular weight is 253 g/mol. The number of aromatic nitrogens is 3. The molecule has 5 heteroatoms. The number of hydrogen-bond acceptors (Lipinski definition) is 3. The molecule has 0 saturated heterocycles. The van der Waals surface area contributed by atoms with Gasteiger partial charge in [-0.05, 0) is 32.6 Å². The minimum Gasteiger partial charge on any atom is -0.391 e. The monoisotopic (exact) mass is 253 g/mol. The molecule has 1 heterocycles. The molecular weight excluding hydrogens is 230 g/mol. The van der Waals surface area contributed by atoms with Crippen LogP contribution in [0.3, 0.4) is 0 Å². The van der Waals surface area contributed by atoms with Gasteiger partial charge in [0.25, 0.3) is 0 Å². The van der Waals surface area contributed by atoms with Crippen LogP contribution in [0.25, 0.3) is 0 Å². The lowest BCUT2D eigenvalue weighted by Gasteiger charge is -2.10. The average Bonchev–Trinajstić information content (AvgIpc) is 3.05. The Bertz CT molecular complexity index is 469. The molecule has 0 radical (unpaired) electrons. The number of nitrogens with zero attached hydrogens (tertiary/aromatic N) is 3. The number of aliphatic hydroxyl groups is 1. The normalized spacial score (nSPS) is 17.7. The second kappa shape index (κ2) is 4.88. The molecule has 0 aliphatic heterocycles. The molecular formula is C13H23N3O2. The summed E-state index contributed by atoms with van der Waals surface area (Å²) < 4.78 is 3.16. The summed E-state index contributed by atoms with van der Waals surface area (Å²) in [5, 5.41) is 14.3. The van der Waals surface area contributed by atoms with Crippen LogP contribution in [0.5, 0.6) is 0 Å². The van der Waals surface area contributed by atoms with Crippen molar-refractivity contribution >= 4 is 0 Å². The molecule has 0 amide bonds. The Balaban J connectivity index is 2.30. The van der Waals surface area contributed by atoms with Gasteiger partial charge in [0.2, 0.25) is 0 Å². The van der Waals surface area contributed by atoms with Crippen molar-refractivity contribution in [2.24, 2.45) is 5.92 Å². The molecule has 1 aromatic rings. The zero-order valence-corrected chi connectivity index (χ0v) is 11.6. The summed E-state index contributed by atoms with van der Waals surface area (Å²) in [5.74, 6) is 1.38. The van der Waals surface area contributed by atoms with Gasteiger partial charge >= 0.3 is 5.69 Å². The molecule has 102 valence electrons. The van der Waals surface area contributed by atoms with E-state index in [4.69, 9.17) is 0 Å². The third-order valence-electron chi connectivity index (χ3n) is 3.46. The van der Waals surface area contributed by atoms with E-state index in [-0.39, 0.29) is 17.6 Å². The van der Waals surface area contributed by atoms with Gasteiger partial charge in [0.15, 0.2) is 0 Å². The van der Waals surface area contributed by atoms with Crippen molar-refractivity contribution in [1.29, 1.82) is 0 Å². The Kier molecular flexibility index (Phi) is 3.61. The highest BCUT2D eigenvalue weighted by atomic mass is 16.3. The lowest BCUT2D eigenvalue weighted by molar-refractivity contribution is 0.125. The summed E-state index contributed by atoms with van der Waals surface area (Å²) in [4.78, 5) is 12.3. The molecule has 1 fully saturated rings. The highest BCUT2D eigenvalue weighted by molar-refractivity contribution is 4.96. The Hall–Kier alpha value is -1.10. The maximum absolute atomic E-state index is 12.3. The molecule has 0 aromatic carbocycles. The van der Waals surface area contributed by atoms with Crippen LogP contribution in [0.15, 0.2) is 4.79 Å². The van der Waals surface area contributed by atoms with E-state index in [1.165, 1.54) is 4.68 Å². The molecule has 18 heavy (non-hydrogen) atoms. The van der Waals surface area contributed by atoms with Gasteiger partial charge in [-0.1, -0.05) is 13.8 Å². The fourth-order valence-corrected chi connectivity index (χ4v) is 2.24. The summed E-state index contributed by atoms with van der Waals surface area (Å²) in [6, 6.07) is 0.0988. The van der Waals surface area contributed by atoms with Crippen molar-refractivity contribution in [3.05, 3.63) is 16.3 Å². The zero-order valence-electron chi connectivity index (χ0n) is 11.6. The van der Waals surface area contributed by atoms with Crippen LogP contribution in [0.1, 0.15) is 58.3 Å². The quantitative estimate of drug-likeness (QED) is 0.865. The maximum atomic E-state index is 12.3. The molecule has 0 spiro atoms. The minimum atomic E-state index is -0.432. The fourth-order valence-electron chi connectivity index (χ4n) is 2.24. The van der Waals surface area contributed by atoms with Gasteiger partial charge in [-0.25, -0.2) is 9.48 Å². The molecule has 1 aliphatic carbocycles. The van der Waals surface area contributed by atoms with Crippen LogP contribution in [0.4, 0.5) is 0 Å². The van der Waals surface area contributed by atoms with Crippen LogP contribution in [0, 0.1) is 5.92 Å². The van der Waals surface area contributed by atoms with Gasteiger partial charge in [0, 0.05) is 12.0 Å². The Morgan fingerprint density at radius 2 is 1.94 bits per heavy atom. The first kappa shape index (κ1) is 13.3. The summed E-state index contributed by atoms with van der Waals surface area (Å²) in [5.41, 5.74) is -0.103. The smallest absolute Gasteiger partial charge is 0.346 e. The predicted molar refractivity (Wildman–Crippen MR) is 69.7 cm³/mol. The molecule has 0 bridgehead atoms. The Labute approximate surface area is 107 Å². The van der Waals surface area contributed by atoms with E-state index in [1.54, 1.807) is 4.57 Å². The van der Waals surface area contributed by atoms with Crippen molar-refractivity contribution in [1.82, 2.24) is 14.3 Å². The number of rotatable bonds is 5. The SMILES string of the molecule is CC(C)c1nn(CC(O)C2CC2)c(=O)n1C(C)C. The van der Waals surface area contributed by atoms with Crippen molar-refractivity contribution in [3.8, 4) is 0 Å². The summed E-state index contributed by atoms with van der Waals surface area (Å²) >= 11 is 0. The van der Waals surface area contributed by atoms with Gasteiger partial charge in [0.05, 0.1) is 12.6 Å². The van der Waals surface area contributed by atoms with E-state index < -0.39 is 6.10 Å². The predicted octanol–water partition coefficient (Wildman–Crippen LogP) is 1.52. The van der Waals surface area contributed by atoms with Gasteiger partial charge in [-0.2, -0.15) is 5.10 Å². The van der Waals surface area contributed by atoms with Crippen LogP contribution in [-0.4, -0.2) is 25.6 Å². The molecule has 1 saturated carbocycles. The first-order chi connectivity index (χ1) is 8.41. The molecule has 2 rings (SSSR count). The standard InChI is InChI=1S/C13H23N3O2/c1-8(2)12-14-15(7-11(17)10-5-6-10)13(18)16(12)9(3)4/h8-11,17H,5-7H2,1-4H3. The Morgan fingerprint density at radius 1 is 1.33 bits per heavy atom. The summed E-state index contributed by atoms with van der Waals surface area (Å²) in [6.45, 7) is 8.35. The van der Waals surface area contributed by atoms with E-state index in [1.807, 2.05) is 27.7 Å². The van der Waals surface area contributed by atoms with Crippen molar-refractivity contribution in [3.63, 3.8) is 0 Å². The van der Waals surface area contributed by atoms with E-state index >= 15 is 0 Å². The van der Waals surface area contributed by atoms with Gasteiger partial charge < -0.3 is 5.11 Å². The van der Waals surface area contributed by atoms with Crippen molar-refractivity contribution < 1.29 is 5.11 Å². The zero-order chi connectivity index (χ0) is 13.4. The van der Waals surface area contributed by atoms with E-state index in [2.05, 4.69) is 5.10 Å². The third kappa shape index (κ3) is 2.51. The van der Waals surface area contributed by atoms with Crippen LogP contribution < -0.4 is 5.69 Å². The van der Waals surface area contributed by atoms with Gasteiger partial charge in [-0.3, -0.25) is 4.57 Å². The first-order valence-electron chi connectivity index (χ1n) is 6.79. The lowest BCUT2D eigenvalue weighted by Crippen LogP contribution is -2.31. The second-order valence-corrected chi connectivity index (χ2v) is 5.85. The van der Waals surface area contributed by atoms with Crippen molar-refractivity contribution in [2.75, 3.05) is 0 Å². The van der Waals surface area contributed by atoms with E-state index in [0.29, 0.717) is 12.5 Å². The molecule has 5 nitrogen and oxygen atoms in total.